The fraction of sp³-hybridized carbons (Fsp3) is 0.500. The molecular weight excluding hydrogens is 192 g/mol. The third-order valence-electron chi connectivity index (χ3n) is 2.63. The van der Waals surface area contributed by atoms with E-state index in [9.17, 15) is 9.59 Å². The highest BCUT2D eigenvalue weighted by atomic mass is 16.6. The molecule has 15 heavy (non-hydrogen) atoms. The molecule has 0 aromatic heterocycles. The first-order valence-electron chi connectivity index (χ1n) is 5.20. The van der Waals surface area contributed by atoms with Crippen LogP contribution in [0.5, 0.6) is 0 Å². The van der Waals surface area contributed by atoms with Crippen molar-refractivity contribution in [2.24, 2.45) is 5.92 Å². The maximum absolute atomic E-state index is 11.4. The van der Waals surface area contributed by atoms with E-state index in [-0.39, 0.29) is 12.3 Å². The van der Waals surface area contributed by atoms with Gasteiger partial charge < -0.3 is 4.74 Å². The molecule has 0 aliphatic heterocycles. The molecule has 0 saturated heterocycles. The molecular formula is C12H16O3. The Hall–Kier alpha value is -1.38. The number of rotatable bonds is 4. The SMILES string of the molecule is C=CCC(=O)OC(=O)C(=C)C1CCCC1. The molecule has 1 fully saturated rings. The lowest BCUT2D eigenvalue weighted by molar-refractivity contribution is -0.156. The van der Waals surface area contributed by atoms with Gasteiger partial charge in [0.2, 0.25) is 0 Å². The molecule has 0 amide bonds. The zero-order valence-corrected chi connectivity index (χ0v) is 8.83. The van der Waals surface area contributed by atoms with Crippen LogP contribution in [-0.2, 0) is 14.3 Å². The molecule has 0 spiro atoms. The van der Waals surface area contributed by atoms with E-state index >= 15 is 0 Å². The van der Waals surface area contributed by atoms with Crippen molar-refractivity contribution < 1.29 is 14.3 Å². The monoisotopic (exact) mass is 208 g/mol. The van der Waals surface area contributed by atoms with Crippen LogP contribution in [0, 0.1) is 5.92 Å². The highest BCUT2D eigenvalue weighted by Gasteiger charge is 2.24. The molecule has 0 N–H and O–H groups in total. The smallest absolute Gasteiger partial charge is 0.341 e. The van der Waals surface area contributed by atoms with Gasteiger partial charge in [0.1, 0.15) is 0 Å². The van der Waals surface area contributed by atoms with Crippen LogP contribution in [0.1, 0.15) is 32.1 Å². The fourth-order valence-electron chi connectivity index (χ4n) is 1.77. The fourth-order valence-corrected chi connectivity index (χ4v) is 1.77. The molecule has 0 aromatic rings. The zero-order chi connectivity index (χ0) is 11.3. The van der Waals surface area contributed by atoms with Crippen LogP contribution in [0.2, 0.25) is 0 Å². The van der Waals surface area contributed by atoms with Crippen molar-refractivity contribution in [3.63, 3.8) is 0 Å². The second-order valence-electron chi connectivity index (χ2n) is 3.76. The lowest BCUT2D eigenvalue weighted by atomic mass is 9.99. The van der Waals surface area contributed by atoms with Crippen LogP contribution in [0.4, 0.5) is 0 Å². The van der Waals surface area contributed by atoms with E-state index in [1.807, 2.05) is 0 Å². The molecule has 1 aliphatic carbocycles. The van der Waals surface area contributed by atoms with Gasteiger partial charge in [-0.25, -0.2) is 4.79 Å². The standard InChI is InChI=1S/C12H16O3/c1-3-6-11(13)15-12(14)9(2)10-7-4-5-8-10/h3,10H,1-2,4-8H2. The van der Waals surface area contributed by atoms with Gasteiger partial charge in [-0.3, -0.25) is 4.79 Å². The summed E-state index contributed by atoms with van der Waals surface area (Å²) in [6, 6.07) is 0. The van der Waals surface area contributed by atoms with Gasteiger partial charge in [0.05, 0.1) is 6.42 Å². The Morgan fingerprint density at radius 1 is 1.33 bits per heavy atom. The van der Waals surface area contributed by atoms with Crippen molar-refractivity contribution in [2.45, 2.75) is 32.1 Å². The average Bonchev–Trinajstić information content (AvgIpc) is 2.69. The van der Waals surface area contributed by atoms with Crippen molar-refractivity contribution in [3.8, 4) is 0 Å². The van der Waals surface area contributed by atoms with Crippen LogP contribution in [-0.4, -0.2) is 11.9 Å². The van der Waals surface area contributed by atoms with Crippen molar-refractivity contribution in [3.05, 3.63) is 24.8 Å². The van der Waals surface area contributed by atoms with Gasteiger partial charge in [0, 0.05) is 5.57 Å². The van der Waals surface area contributed by atoms with Gasteiger partial charge in [-0.2, -0.15) is 0 Å². The molecule has 82 valence electrons. The molecule has 3 heteroatoms. The molecule has 0 aromatic carbocycles. The Kier molecular flexibility index (Phi) is 4.28. The summed E-state index contributed by atoms with van der Waals surface area (Å²) in [7, 11) is 0. The summed E-state index contributed by atoms with van der Waals surface area (Å²) in [6.45, 7) is 7.09. The molecule has 0 radical (unpaired) electrons. The molecule has 1 rings (SSSR count). The van der Waals surface area contributed by atoms with E-state index in [1.54, 1.807) is 0 Å². The van der Waals surface area contributed by atoms with E-state index in [2.05, 4.69) is 17.9 Å². The van der Waals surface area contributed by atoms with Crippen LogP contribution in [0.3, 0.4) is 0 Å². The van der Waals surface area contributed by atoms with Gasteiger partial charge in [-0.05, 0) is 18.8 Å². The first-order chi connectivity index (χ1) is 7.15. The predicted octanol–water partition coefficient (Wildman–Crippen LogP) is 2.38. The Morgan fingerprint density at radius 2 is 1.93 bits per heavy atom. The normalized spacial score (nSPS) is 16.0. The maximum Gasteiger partial charge on any atom is 0.341 e. The van der Waals surface area contributed by atoms with Gasteiger partial charge in [-0.1, -0.05) is 25.5 Å². The summed E-state index contributed by atoms with van der Waals surface area (Å²) >= 11 is 0. The number of carbonyl (C=O) groups excluding carboxylic acids is 2. The second kappa shape index (κ2) is 5.49. The van der Waals surface area contributed by atoms with E-state index in [4.69, 9.17) is 0 Å². The lowest BCUT2D eigenvalue weighted by Crippen LogP contribution is -2.17. The molecule has 0 atom stereocenters. The number of carbonyl (C=O) groups is 2. The summed E-state index contributed by atoms with van der Waals surface area (Å²) < 4.78 is 4.62. The highest BCUT2D eigenvalue weighted by molar-refractivity contribution is 5.96. The van der Waals surface area contributed by atoms with E-state index < -0.39 is 11.9 Å². The predicted molar refractivity (Wildman–Crippen MR) is 57.0 cm³/mol. The van der Waals surface area contributed by atoms with Gasteiger partial charge in [0.25, 0.3) is 0 Å². The summed E-state index contributed by atoms with van der Waals surface area (Å²) in [5.41, 5.74) is 0.435. The molecule has 0 heterocycles. The van der Waals surface area contributed by atoms with Crippen molar-refractivity contribution in [1.82, 2.24) is 0 Å². The highest BCUT2D eigenvalue weighted by Crippen LogP contribution is 2.30. The molecule has 0 unspecified atom stereocenters. The maximum atomic E-state index is 11.4. The number of hydrogen-bond acceptors (Lipinski definition) is 3. The van der Waals surface area contributed by atoms with Crippen LogP contribution < -0.4 is 0 Å². The van der Waals surface area contributed by atoms with Crippen LogP contribution in [0.25, 0.3) is 0 Å². The largest absolute Gasteiger partial charge is 0.389 e. The summed E-state index contributed by atoms with van der Waals surface area (Å²) in [6.07, 6.45) is 5.67. The van der Waals surface area contributed by atoms with Gasteiger partial charge >= 0.3 is 11.9 Å². The van der Waals surface area contributed by atoms with Crippen molar-refractivity contribution >= 4 is 11.9 Å². The molecule has 3 nitrogen and oxygen atoms in total. The first-order valence-corrected chi connectivity index (χ1v) is 5.20. The Labute approximate surface area is 89.8 Å². The quantitative estimate of drug-likeness (QED) is 0.308. The number of esters is 2. The minimum Gasteiger partial charge on any atom is -0.389 e. The molecule has 1 saturated carbocycles. The Morgan fingerprint density at radius 3 is 2.47 bits per heavy atom. The van der Waals surface area contributed by atoms with Gasteiger partial charge in [-0.15, -0.1) is 6.58 Å². The number of hydrogen-bond donors (Lipinski definition) is 0. The zero-order valence-electron chi connectivity index (χ0n) is 8.83. The second-order valence-corrected chi connectivity index (χ2v) is 3.76. The average molecular weight is 208 g/mol. The molecule has 0 bridgehead atoms. The van der Waals surface area contributed by atoms with Crippen molar-refractivity contribution in [1.29, 1.82) is 0 Å². The Bertz CT molecular complexity index is 285. The summed E-state index contributed by atoms with van der Waals surface area (Å²) in [5, 5.41) is 0. The first kappa shape index (κ1) is 11.7. The minimum absolute atomic E-state index is 0.0592. The van der Waals surface area contributed by atoms with Crippen LogP contribution >= 0.6 is 0 Å². The third-order valence-corrected chi connectivity index (χ3v) is 2.63. The minimum atomic E-state index is -0.575. The van der Waals surface area contributed by atoms with Gasteiger partial charge in [0.15, 0.2) is 0 Å². The van der Waals surface area contributed by atoms with E-state index in [0.29, 0.717) is 5.57 Å². The summed E-state index contributed by atoms with van der Waals surface area (Å²) in [4.78, 5) is 22.5. The number of ether oxygens (including phenoxy) is 1. The lowest BCUT2D eigenvalue weighted by Gasteiger charge is -2.10. The topological polar surface area (TPSA) is 43.4 Å². The van der Waals surface area contributed by atoms with Crippen molar-refractivity contribution in [2.75, 3.05) is 0 Å². The Balaban J connectivity index is 2.42. The van der Waals surface area contributed by atoms with E-state index in [0.717, 1.165) is 25.7 Å². The van der Waals surface area contributed by atoms with Crippen LogP contribution in [0.15, 0.2) is 24.8 Å². The van der Waals surface area contributed by atoms with E-state index in [1.165, 1.54) is 6.08 Å². The molecule has 1 aliphatic rings. The summed E-state index contributed by atoms with van der Waals surface area (Å²) in [5.74, 6) is -0.933. The third kappa shape index (κ3) is 3.35.